The molecule has 1 fully saturated rings. The molecule has 0 radical (unpaired) electrons. The molecule has 0 aliphatic carbocycles. The van der Waals surface area contributed by atoms with Gasteiger partial charge in [-0.25, -0.2) is 9.78 Å². The number of hydrogen-bond donors (Lipinski definition) is 1. The van der Waals surface area contributed by atoms with Gasteiger partial charge in [0.25, 0.3) is 0 Å². The SMILES string of the molecule is CC(=O)C(=O)CCCCCCCCCCC(=O)N1C[C@H](O)CC[C@@H]1C.CCCOOC. The topological polar surface area (TPSA) is 93.1 Å². The Labute approximate surface area is 188 Å². The van der Waals surface area contributed by atoms with Gasteiger partial charge in [0.1, 0.15) is 0 Å². The number of Topliss-reactive ketones (excluding diaryl/α,β-unsaturated/α-hetero) is 2. The molecule has 1 aliphatic rings. The summed E-state index contributed by atoms with van der Waals surface area (Å²) in [6, 6.07) is 0.255. The Morgan fingerprint density at radius 2 is 1.48 bits per heavy atom. The highest BCUT2D eigenvalue weighted by Gasteiger charge is 2.27. The second kappa shape index (κ2) is 19.4. The molecule has 0 bridgehead atoms. The Morgan fingerprint density at radius 3 is 1.97 bits per heavy atom. The average molecular weight is 444 g/mol. The molecule has 1 saturated heterocycles. The summed E-state index contributed by atoms with van der Waals surface area (Å²) in [7, 11) is 1.51. The van der Waals surface area contributed by atoms with Crippen LogP contribution in [0.3, 0.4) is 0 Å². The number of aliphatic hydroxyl groups is 1. The van der Waals surface area contributed by atoms with Crippen molar-refractivity contribution in [1.29, 1.82) is 0 Å². The molecule has 2 atom stereocenters. The minimum absolute atomic E-state index is 0.182. The van der Waals surface area contributed by atoms with Gasteiger partial charge in [-0.3, -0.25) is 14.4 Å². The quantitative estimate of drug-likeness (QED) is 0.175. The Hall–Kier alpha value is -1.31. The zero-order valence-corrected chi connectivity index (χ0v) is 20.2. The van der Waals surface area contributed by atoms with Gasteiger partial charge in [-0.05, 0) is 39.0 Å². The van der Waals surface area contributed by atoms with Crippen LogP contribution in [-0.4, -0.2) is 59.9 Å². The standard InChI is InChI=1S/C20H35NO4.C4H10O2/c1-16-13-14-18(23)15-21(16)20(25)12-10-8-6-4-3-5-7-9-11-19(24)17(2)22;1-3-4-6-5-2/h16,18,23H,3-15H2,1-2H3;3-4H2,1-2H3/t16-,18+;/m0./s1. The number of carbonyl (C=O) groups excluding carboxylic acids is 3. The molecule has 7 nitrogen and oxygen atoms in total. The first-order chi connectivity index (χ1) is 14.8. The Bertz CT molecular complexity index is 492. The van der Waals surface area contributed by atoms with E-state index in [4.69, 9.17) is 0 Å². The largest absolute Gasteiger partial charge is 0.391 e. The van der Waals surface area contributed by atoms with E-state index in [1.54, 1.807) is 0 Å². The van der Waals surface area contributed by atoms with Crippen LogP contribution in [-0.2, 0) is 24.2 Å². The van der Waals surface area contributed by atoms with Gasteiger partial charge in [0.05, 0.1) is 19.8 Å². The van der Waals surface area contributed by atoms with E-state index in [0.29, 0.717) is 26.0 Å². The number of likely N-dealkylation sites (tertiary alicyclic amines) is 1. The van der Waals surface area contributed by atoms with Crippen molar-refractivity contribution in [3.63, 3.8) is 0 Å². The van der Waals surface area contributed by atoms with E-state index >= 15 is 0 Å². The summed E-state index contributed by atoms with van der Waals surface area (Å²) in [6.07, 6.45) is 11.7. The van der Waals surface area contributed by atoms with Crippen LogP contribution < -0.4 is 0 Å². The number of aliphatic hydroxyl groups excluding tert-OH is 1. The van der Waals surface area contributed by atoms with Crippen molar-refractivity contribution in [2.24, 2.45) is 0 Å². The van der Waals surface area contributed by atoms with Crippen LogP contribution in [0.2, 0.25) is 0 Å². The van der Waals surface area contributed by atoms with Gasteiger partial charge in [-0.15, -0.1) is 0 Å². The highest BCUT2D eigenvalue weighted by Crippen LogP contribution is 2.19. The van der Waals surface area contributed by atoms with Gasteiger partial charge in [0, 0.05) is 32.4 Å². The van der Waals surface area contributed by atoms with E-state index < -0.39 is 0 Å². The molecule has 0 saturated carbocycles. The summed E-state index contributed by atoms with van der Waals surface area (Å²) in [6.45, 7) is 6.61. The van der Waals surface area contributed by atoms with Gasteiger partial charge < -0.3 is 10.0 Å². The van der Waals surface area contributed by atoms with Crippen LogP contribution in [0.15, 0.2) is 0 Å². The zero-order valence-electron chi connectivity index (χ0n) is 20.2. The number of piperidine rings is 1. The summed E-state index contributed by atoms with van der Waals surface area (Å²) < 4.78 is 0. The van der Waals surface area contributed by atoms with E-state index in [2.05, 4.69) is 16.7 Å². The maximum absolute atomic E-state index is 12.2. The molecule has 7 heteroatoms. The van der Waals surface area contributed by atoms with Gasteiger partial charge in [-0.2, -0.15) is 0 Å². The van der Waals surface area contributed by atoms with E-state index in [9.17, 15) is 19.5 Å². The van der Waals surface area contributed by atoms with Crippen molar-refractivity contribution in [2.75, 3.05) is 20.3 Å². The maximum Gasteiger partial charge on any atom is 0.222 e. The fraction of sp³-hybridized carbons (Fsp3) is 0.875. The Kier molecular flexibility index (Phi) is 18.6. The van der Waals surface area contributed by atoms with Gasteiger partial charge in [0.15, 0.2) is 11.6 Å². The molecule has 1 heterocycles. The molecule has 0 aromatic heterocycles. The third-order valence-corrected chi connectivity index (χ3v) is 5.52. The lowest BCUT2D eigenvalue weighted by atomic mass is 10.0. The lowest BCUT2D eigenvalue weighted by Crippen LogP contribution is -2.47. The second-order valence-electron chi connectivity index (χ2n) is 8.42. The molecule has 0 unspecified atom stereocenters. The summed E-state index contributed by atoms with van der Waals surface area (Å²) in [5.74, 6) is -0.399. The first-order valence-electron chi connectivity index (χ1n) is 12.0. The summed E-state index contributed by atoms with van der Waals surface area (Å²) in [5, 5.41) is 9.70. The first-order valence-corrected chi connectivity index (χ1v) is 12.0. The van der Waals surface area contributed by atoms with Crippen LogP contribution in [0.1, 0.15) is 104 Å². The lowest BCUT2D eigenvalue weighted by molar-refractivity contribution is -0.272. The summed E-state index contributed by atoms with van der Waals surface area (Å²) in [5.41, 5.74) is 0. The van der Waals surface area contributed by atoms with Crippen LogP contribution in [0.4, 0.5) is 0 Å². The highest BCUT2D eigenvalue weighted by atomic mass is 17.2. The second-order valence-corrected chi connectivity index (χ2v) is 8.42. The third kappa shape index (κ3) is 16.0. The normalized spacial score (nSPS) is 18.3. The van der Waals surface area contributed by atoms with E-state index in [1.807, 2.05) is 11.8 Å². The number of β-amino-alcohol motifs (C(OH)–C–C–N with tert-alkyl or cyclic N) is 1. The molecule has 1 rings (SSSR count). The first kappa shape index (κ1) is 29.7. The fourth-order valence-corrected chi connectivity index (χ4v) is 3.54. The van der Waals surface area contributed by atoms with Crippen LogP contribution >= 0.6 is 0 Å². The monoisotopic (exact) mass is 443 g/mol. The molecule has 31 heavy (non-hydrogen) atoms. The van der Waals surface area contributed by atoms with Crippen LogP contribution in [0.25, 0.3) is 0 Å². The maximum atomic E-state index is 12.2. The number of amides is 1. The number of unbranched alkanes of at least 4 members (excludes halogenated alkanes) is 7. The Morgan fingerprint density at radius 1 is 0.935 bits per heavy atom. The highest BCUT2D eigenvalue weighted by molar-refractivity contribution is 6.36. The average Bonchev–Trinajstić information content (AvgIpc) is 2.75. The van der Waals surface area contributed by atoms with E-state index in [-0.39, 0.29) is 29.6 Å². The minimum atomic E-state index is -0.356. The molecule has 1 amide bonds. The van der Waals surface area contributed by atoms with Crippen molar-refractivity contribution in [1.82, 2.24) is 4.90 Å². The number of ketones is 2. The van der Waals surface area contributed by atoms with Crippen molar-refractivity contribution in [3.05, 3.63) is 0 Å². The molecular weight excluding hydrogens is 398 g/mol. The molecule has 1 aliphatic heterocycles. The van der Waals surface area contributed by atoms with Gasteiger partial charge >= 0.3 is 0 Å². The predicted molar refractivity (Wildman–Crippen MR) is 122 cm³/mol. The Balaban J connectivity index is 0.00000131. The minimum Gasteiger partial charge on any atom is -0.391 e. The summed E-state index contributed by atoms with van der Waals surface area (Å²) >= 11 is 0. The van der Waals surface area contributed by atoms with Crippen LogP contribution in [0, 0.1) is 0 Å². The molecular formula is C24H45NO6. The smallest absolute Gasteiger partial charge is 0.222 e. The molecule has 1 N–H and O–H groups in total. The number of rotatable bonds is 15. The summed E-state index contributed by atoms with van der Waals surface area (Å²) in [4.78, 5) is 44.8. The molecule has 182 valence electrons. The third-order valence-electron chi connectivity index (χ3n) is 5.52. The van der Waals surface area contributed by atoms with Gasteiger partial charge in [-0.1, -0.05) is 45.4 Å². The number of hydrogen-bond acceptors (Lipinski definition) is 6. The zero-order chi connectivity index (χ0) is 23.5. The lowest BCUT2D eigenvalue weighted by Gasteiger charge is -2.36. The molecule has 0 spiro atoms. The van der Waals surface area contributed by atoms with Crippen molar-refractivity contribution < 1.29 is 29.3 Å². The van der Waals surface area contributed by atoms with Crippen molar-refractivity contribution in [3.8, 4) is 0 Å². The van der Waals surface area contributed by atoms with E-state index in [1.165, 1.54) is 14.0 Å². The predicted octanol–water partition coefficient (Wildman–Crippen LogP) is 4.39. The van der Waals surface area contributed by atoms with Crippen molar-refractivity contribution in [2.45, 2.75) is 116 Å². The van der Waals surface area contributed by atoms with Crippen molar-refractivity contribution >= 4 is 17.5 Å². The number of nitrogens with zero attached hydrogens (tertiary/aromatic N) is 1. The number of carbonyl (C=O) groups is 3. The molecule has 0 aromatic carbocycles. The van der Waals surface area contributed by atoms with Crippen LogP contribution in [0.5, 0.6) is 0 Å². The fourth-order valence-electron chi connectivity index (χ4n) is 3.54. The van der Waals surface area contributed by atoms with Gasteiger partial charge in [0.2, 0.25) is 5.91 Å². The van der Waals surface area contributed by atoms with E-state index in [0.717, 1.165) is 70.6 Å². The molecule has 0 aromatic rings.